The van der Waals surface area contributed by atoms with E-state index in [4.69, 9.17) is 21.1 Å². The third-order valence-electron chi connectivity index (χ3n) is 2.74. The molecule has 2 aromatic carbocycles. The highest BCUT2D eigenvalue weighted by Gasteiger charge is 2.13. The number of methoxy groups -OCH3 is 1. The van der Waals surface area contributed by atoms with E-state index in [-0.39, 0.29) is 17.3 Å². The molecule has 0 N–H and O–H groups in total. The molecule has 0 saturated carbocycles. The molecule has 0 saturated heterocycles. The first kappa shape index (κ1) is 15.6. The fourth-order valence-electron chi connectivity index (χ4n) is 1.67. The Labute approximate surface area is 134 Å². The molecule has 21 heavy (non-hydrogen) atoms. The maximum atomic E-state index is 10.8. The maximum Gasteiger partial charge on any atom is 0.288 e. The molecule has 7 heteroatoms. The van der Waals surface area contributed by atoms with Gasteiger partial charge in [0.15, 0.2) is 0 Å². The smallest absolute Gasteiger partial charge is 0.288 e. The number of nitro benzene ring substituents is 1. The van der Waals surface area contributed by atoms with Crippen LogP contribution in [0, 0.1) is 10.1 Å². The van der Waals surface area contributed by atoms with E-state index < -0.39 is 4.92 Å². The Balaban J connectivity index is 2.13. The predicted octanol–water partition coefficient (Wildman–Crippen LogP) is 4.60. The Morgan fingerprint density at radius 2 is 2.05 bits per heavy atom. The number of nitrogens with zero attached hydrogens (tertiary/aromatic N) is 1. The normalized spacial score (nSPS) is 10.2. The van der Waals surface area contributed by atoms with Crippen molar-refractivity contribution >= 4 is 33.2 Å². The molecular formula is C14H11BrClNO4. The van der Waals surface area contributed by atoms with E-state index in [1.165, 1.54) is 12.1 Å². The highest BCUT2D eigenvalue weighted by Crippen LogP contribution is 2.30. The van der Waals surface area contributed by atoms with Crippen LogP contribution in [0.25, 0.3) is 0 Å². The second-order valence-electron chi connectivity index (χ2n) is 4.13. The van der Waals surface area contributed by atoms with E-state index in [1.54, 1.807) is 31.4 Å². The van der Waals surface area contributed by atoms with Crippen molar-refractivity contribution < 1.29 is 14.4 Å². The molecule has 0 aliphatic carbocycles. The summed E-state index contributed by atoms with van der Waals surface area (Å²) in [5.74, 6) is 1.32. The molecule has 0 heterocycles. The molecule has 0 unspecified atom stereocenters. The van der Waals surface area contributed by atoms with Gasteiger partial charge in [0.1, 0.15) is 23.1 Å². The van der Waals surface area contributed by atoms with Crippen molar-refractivity contribution in [3.8, 4) is 11.5 Å². The van der Waals surface area contributed by atoms with Gasteiger partial charge in [-0.15, -0.1) is 0 Å². The average Bonchev–Trinajstić information content (AvgIpc) is 2.47. The average molecular weight is 373 g/mol. The fraction of sp³-hybridized carbons (Fsp3) is 0.143. The van der Waals surface area contributed by atoms with Crippen LogP contribution in [0.15, 0.2) is 40.9 Å². The van der Waals surface area contributed by atoms with Crippen LogP contribution in [0.5, 0.6) is 11.5 Å². The molecule has 0 atom stereocenters. The van der Waals surface area contributed by atoms with E-state index in [9.17, 15) is 10.1 Å². The monoisotopic (exact) mass is 371 g/mol. The Hall–Kier alpha value is -1.79. The third kappa shape index (κ3) is 3.86. The third-order valence-corrected chi connectivity index (χ3v) is 3.68. The minimum absolute atomic E-state index is 0.106. The van der Waals surface area contributed by atoms with Crippen molar-refractivity contribution in [1.29, 1.82) is 0 Å². The first-order valence-electron chi connectivity index (χ1n) is 5.90. The number of hydrogen-bond acceptors (Lipinski definition) is 4. The largest absolute Gasteiger partial charge is 0.497 e. The first-order chi connectivity index (χ1) is 10.0. The second-order valence-corrected chi connectivity index (χ2v) is 5.39. The molecule has 0 spiro atoms. The summed E-state index contributed by atoms with van der Waals surface area (Å²) in [6.45, 7) is 0.197. The number of benzene rings is 2. The van der Waals surface area contributed by atoms with Gasteiger partial charge in [0.2, 0.25) is 0 Å². The highest BCUT2D eigenvalue weighted by molar-refractivity contribution is 9.10. The summed E-state index contributed by atoms with van der Waals surface area (Å²) in [6.07, 6.45) is 0. The standard InChI is InChI=1S/C14H11BrClNO4/c1-20-10-3-5-14(11(15)7-10)21-8-9-2-4-12(16)13(6-9)17(18)19/h2-7H,8H2,1H3. The lowest BCUT2D eigenvalue weighted by molar-refractivity contribution is -0.384. The van der Waals surface area contributed by atoms with Gasteiger partial charge in [-0.3, -0.25) is 10.1 Å². The topological polar surface area (TPSA) is 61.6 Å². The summed E-state index contributed by atoms with van der Waals surface area (Å²) in [5, 5.41) is 10.9. The molecular weight excluding hydrogens is 362 g/mol. The van der Waals surface area contributed by atoms with E-state index >= 15 is 0 Å². The van der Waals surface area contributed by atoms with Gasteiger partial charge in [-0.05, 0) is 45.8 Å². The van der Waals surface area contributed by atoms with E-state index in [0.717, 1.165) is 4.47 Å². The lowest BCUT2D eigenvalue weighted by Crippen LogP contribution is -1.98. The SMILES string of the molecule is COc1ccc(OCc2ccc(Cl)c([N+](=O)[O-])c2)c(Br)c1. The number of rotatable bonds is 5. The zero-order valence-corrected chi connectivity index (χ0v) is 13.3. The van der Waals surface area contributed by atoms with Crippen molar-refractivity contribution in [3.63, 3.8) is 0 Å². The van der Waals surface area contributed by atoms with Crippen molar-refractivity contribution in [2.24, 2.45) is 0 Å². The van der Waals surface area contributed by atoms with Gasteiger partial charge in [-0.25, -0.2) is 0 Å². The molecule has 0 fully saturated rings. The zero-order chi connectivity index (χ0) is 15.4. The van der Waals surface area contributed by atoms with Crippen LogP contribution >= 0.6 is 27.5 Å². The van der Waals surface area contributed by atoms with E-state index in [2.05, 4.69) is 15.9 Å². The Morgan fingerprint density at radius 3 is 2.67 bits per heavy atom. The van der Waals surface area contributed by atoms with Crippen molar-refractivity contribution in [3.05, 3.63) is 61.6 Å². The molecule has 0 amide bonds. The Kier molecular flexibility index (Phi) is 5.03. The zero-order valence-electron chi connectivity index (χ0n) is 11.0. The molecule has 2 rings (SSSR count). The maximum absolute atomic E-state index is 10.8. The summed E-state index contributed by atoms with van der Waals surface area (Å²) in [7, 11) is 1.58. The summed E-state index contributed by atoms with van der Waals surface area (Å²) < 4.78 is 11.5. The van der Waals surface area contributed by atoms with Gasteiger partial charge < -0.3 is 9.47 Å². The van der Waals surface area contributed by atoms with Crippen LogP contribution in [0.2, 0.25) is 5.02 Å². The summed E-state index contributed by atoms with van der Waals surface area (Å²) in [6, 6.07) is 9.88. The minimum atomic E-state index is -0.519. The van der Waals surface area contributed by atoms with Crippen LogP contribution in [0.4, 0.5) is 5.69 Å². The van der Waals surface area contributed by atoms with Gasteiger partial charge in [-0.1, -0.05) is 17.7 Å². The van der Waals surface area contributed by atoms with E-state index in [0.29, 0.717) is 17.1 Å². The predicted molar refractivity (Wildman–Crippen MR) is 83.1 cm³/mol. The summed E-state index contributed by atoms with van der Waals surface area (Å²) in [4.78, 5) is 10.3. The molecule has 0 bridgehead atoms. The molecule has 0 aromatic heterocycles. The van der Waals surface area contributed by atoms with Crippen LogP contribution in [0.3, 0.4) is 0 Å². The van der Waals surface area contributed by atoms with Gasteiger partial charge in [-0.2, -0.15) is 0 Å². The number of ether oxygens (including phenoxy) is 2. The van der Waals surface area contributed by atoms with Crippen LogP contribution in [-0.4, -0.2) is 12.0 Å². The quantitative estimate of drug-likeness (QED) is 0.568. The summed E-state index contributed by atoms with van der Waals surface area (Å²) >= 11 is 9.14. The van der Waals surface area contributed by atoms with Crippen LogP contribution in [-0.2, 0) is 6.61 Å². The minimum Gasteiger partial charge on any atom is -0.497 e. The van der Waals surface area contributed by atoms with E-state index in [1.807, 2.05) is 0 Å². The fourth-order valence-corrected chi connectivity index (χ4v) is 2.33. The van der Waals surface area contributed by atoms with Crippen LogP contribution < -0.4 is 9.47 Å². The van der Waals surface area contributed by atoms with Gasteiger partial charge in [0, 0.05) is 6.07 Å². The van der Waals surface area contributed by atoms with Crippen molar-refractivity contribution in [1.82, 2.24) is 0 Å². The molecule has 0 radical (unpaired) electrons. The molecule has 2 aromatic rings. The van der Waals surface area contributed by atoms with Gasteiger partial charge >= 0.3 is 0 Å². The molecule has 110 valence electrons. The van der Waals surface area contributed by atoms with Crippen molar-refractivity contribution in [2.45, 2.75) is 6.61 Å². The van der Waals surface area contributed by atoms with Gasteiger partial charge in [0.05, 0.1) is 16.5 Å². The number of hydrogen-bond donors (Lipinski definition) is 0. The van der Waals surface area contributed by atoms with Crippen molar-refractivity contribution in [2.75, 3.05) is 7.11 Å². The molecule has 0 aliphatic heterocycles. The Morgan fingerprint density at radius 1 is 1.29 bits per heavy atom. The Bertz CT molecular complexity index is 678. The highest BCUT2D eigenvalue weighted by atomic mass is 79.9. The molecule has 0 aliphatic rings. The second kappa shape index (κ2) is 6.78. The lowest BCUT2D eigenvalue weighted by atomic mass is 10.2. The molecule has 5 nitrogen and oxygen atoms in total. The number of nitro groups is 1. The summed E-state index contributed by atoms with van der Waals surface area (Å²) in [5.41, 5.74) is 0.528. The number of halogens is 2. The van der Waals surface area contributed by atoms with Crippen LogP contribution in [0.1, 0.15) is 5.56 Å². The first-order valence-corrected chi connectivity index (χ1v) is 7.07. The lowest BCUT2D eigenvalue weighted by Gasteiger charge is -2.09. The van der Waals surface area contributed by atoms with Gasteiger partial charge in [0.25, 0.3) is 5.69 Å².